The SMILES string of the molecule is CCN(CC)OC(=O)c1c(-c2c(Cl)cccc2Cl)noc1C. The monoisotopic (exact) mass is 342 g/mol. The number of aryl methyl sites for hydroxylation is 1. The summed E-state index contributed by atoms with van der Waals surface area (Å²) in [6, 6.07) is 5.06. The molecular formula is C15H16Cl2N2O3. The molecule has 0 fully saturated rings. The van der Waals surface area contributed by atoms with Crippen LogP contribution in [0, 0.1) is 6.92 Å². The molecule has 1 aromatic carbocycles. The lowest BCUT2D eigenvalue weighted by Gasteiger charge is -2.17. The maximum absolute atomic E-state index is 12.4. The van der Waals surface area contributed by atoms with E-state index >= 15 is 0 Å². The van der Waals surface area contributed by atoms with Crippen LogP contribution in [0.4, 0.5) is 0 Å². The van der Waals surface area contributed by atoms with E-state index in [1.54, 1.807) is 25.1 Å². The molecule has 2 aromatic rings. The predicted molar refractivity (Wildman–Crippen MR) is 85.0 cm³/mol. The first-order valence-corrected chi connectivity index (χ1v) is 7.63. The van der Waals surface area contributed by atoms with Gasteiger partial charge in [-0.25, -0.2) is 4.79 Å². The topological polar surface area (TPSA) is 55.6 Å². The minimum absolute atomic E-state index is 0.224. The van der Waals surface area contributed by atoms with Crippen molar-refractivity contribution in [1.82, 2.24) is 10.2 Å². The summed E-state index contributed by atoms with van der Waals surface area (Å²) in [6.45, 7) is 6.58. The highest BCUT2D eigenvalue weighted by Crippen LogP contribution is 2.36. The number of hydrogen-bond acceptors (Lipinski definition) is 5. The zero-order valence-corrected chi connectivity index (χ0v) is 14.0. The summed E-state index contributed by atoms with van der Waals surface area (Å²) in [5.41, 5.74) is 0.960. The van der Waals surface area contributed by atoms with Crippen LogP contribution in [-0.4, -0.2) is 29.3 Å². The fourth-order valence-corrected chi connectivity index (χ4v) is 2.60. The Morgan fingerprint density at radius 1 is 1.27 bits per heavy atom. The van der Waals surface area contributed by atoms with Crippen LogP contribution in [0.3, 0.4) is 0 Å². The van der Waals surface area contributed by atoms with Crippen molar-refractivity contribution < 1.29 is 14.2 Å². The van der Waals surface area contributed by atoms with E-state index in [0.29, 0.717) is 34.5 Å². The van der Waals surface area contributed by atoms with Crippen LogP contribution in [-0.2, 0) is 4.84 Å². The molecule has 0 atom stereocenters. The molecule has 0 aliphatic rings. The maximum atomic E-state index is 12.4. The van der Waals surface area contributed by atoms with Gasteiger partial charge in [-0.1, -0.05) is 34.4 Å². The van der Waals surface area contributed by atoms with Gasteiger partial charge in [-0.05, 0) is 32.9 Å². The number of hydrogen-bond donors (Lipinski definition) is 0. The van der Waals surface area contributed by atoms with Gasteiger partial charge in [-0.15, -0.1) is 5.06 Å². The molecule has 0 amide bonds. The summed E-state index contributed by atoms with van der Waals surface area (Å²) in [6.07, 6.45) is 0. The highest BCUT2D eigenvalue weighted by molar-refractivity contribution is 6.39. The minimum atomic E-state index is -0.548. The van der Waals surface area contributed by atoms with Gasteiger partial charge in [0.15, 0.2) is 0 Å². The third kappa shape index (κ3) is 3.27. The van der Waals surface area contributed by atoms with Gasteiger partial charge in [0.05, 0.1) is 10.0 Å². The Morgan fingerprint density at radius 3 is 2.41 bits per heavy atom. The van der Waals surface area contributed by atoms with Crippen molar-refractivity contribution in [3.05, 3.63) is 39.6 Å². The van der Waals surface area contributed by atoms with E-state index in [2.05, 4.69) is 5.16 Å². The van der Waals surface area contributed by atoms with E-state index in [0.717, 1.165) is 0 Å². The Labute approximate surface area is 138 Å². The first-order chi connectivity index (χ1) is 10.5. The number of rotatable bonds is 5. The van der Waals surface area contributed by atoms with Crippen molar-refractivity contribution >= 4 is 29.2 Å². The van der Waals surface area contributed by atoms with Gasteiger partial charge >= 0.3 is 5.97 Å². The predicted octanol–water partition coefficient (Wildman–Crippen LogP) is 4.37. The average molecular weight is 343 g/mol. The van der Waals surface area contributed by atoms with Crippen molar-refractivity contribution in [2.45, 2.75) is 20.8 Å². The highest BCUT2D eigenvalue weighted by atomic mass is 35.5. The van der Waals surface area contributed by atoms with Crippen LogP contribution in [0.5, 0.6) is 0 Å². The molecule has 1 aromatic heterocycles. The van der Waals surface area contributed by atoms with Crippen LogP contribution in [0.25, 0.3) is 11.3 Å². The number of carbonyl (C=O) groups excluding carboxylic acids is 1. The number of nitrogens with zero attached hydrogens (tertiary/aromatic N) is 2. The normalized spacial score (nSPS) is 11.0. The van der Waals surface area contributed by atoms with Gasteiger partial charge in [0.1, 0.15) is 17.0 Å². The number of halogens is 2. The Morgan fingerprint density at radius 2 is 1.86 bits per heavy atom. The third-order valence-electron chi connectivity index (χ3n) is 3.18. The molecule has 22 heavy (non-hydrogen) atoms. The van der Waals surface area contributed by atoms with E-state index in [1.807, 2.05) is 13.8 Å². The molecule has 118 valence electrons. The molecular weight excluding hydrogens is 327 g/mol. The van der Waals surface area contributed by atoms with Crippen LogP contribution in [0.1, 0.15) is 30.0 Å². The van der Waals surface area contributed by atoms with Crippen molar-refractivity contribution in [1.29, 1.82) is 0 Å². The molecule has 7 heteroatoms. The van der Waals surface area contributed by atoms with E-state index < -0.39 is 5.97 Å². The standard InChI is InChI=1S/C15H16Cl2N2O3/c1-4-19(5-2)22-15(20)12-9(3)21-18-14(12)13-10(16)7-6-8-11(13)17/h6-8H,4-5H2,1-3H3. The molecule has 0 spiro atoms. The molecule has 0 bridgehead atoms. The zero-order chi connectivity index (χ0) is 16.3. The van der Waals surface area contributed by atoms with Crippen molar-refractivity contribution in [2.75, 3.05) is 13.1 Å². The van der Waals surface area contributed by atoms with Gasteiger partial charge < -0.3 is 9.36 Å². The fourth-order valence-electron chi connectivity index (χ4n) is 2.02. The lowest BCUT2D eigenvalue weighted by Crippen LogP contribution is -2.27. The zero-order valence-electron chi connectivity index (χ0n) is 12.5. The Hall–Kier alpha value is -1.56. The molecule has 0 radical (unpaired) electrons. The molecule has 0 saturated heterocycles. The Balaban J connectivity index is 2.47. The van der Waals surface area contributed by atoms with Gasteiger partial charge in [0, 0.05) is 18.7 Å². The van der Waals surface area contributed by atoms with Gasteiger partial charge in [-0.3, -0.25) is 0 Å². The molecule has 0 saturated carbocycles. The second-order valence-electron chi connectivity index (χ2n) is 4.55. The van der Waals surface area contributed by atoms with E-state index in [1.165, 1.54) is 5.06 Å². The summed E-state index contributed by atoms with van der Waals surface area (Å²) in [4.78, 5) is 17.7. The smallest absolute Gasteiger partial charge is 0.362 e. The lowest BCUT2D eigenvalue weighted by atomic mass is 10.1. The second-order valence-corrected chi connectivity index (χ2v) is 5.37. The first kappa shape index (κ1) is 16.8. The summed E-state index contributed by atoms with van der Waals surface area (Å²) in [5.74, 6) is -0.198. The maximum Gasteiger partial charge on any atom is 0.362 e. The van der Waals surface area contributed by atoms with E-state index in [4.69, 9.17) is 32.6 Å². The molecule has 1 heterocycles. The Bertz CT molecular complexity index is 661. The summed E-state index contributed by atoms with van der Waals surface area (Å²) >= 11 is 12.4. The van der Waals surface area contributed by atoms with Crippen LogP contribution >= 0.6 is 23.2 Å². The van der Waals surface area contributed by atoms with Crippen molar-refractivity contribution in [3.63, 3.8) is 0 Å². The molecule has 0 N–H and O–H groups in total. The van der Waals surface area contributed by atoms with Crippen molar-refractivity contribution in [2.24, 2.45) is 0 Å². The summed E-state index contributed by atoms with van der Waals surface area (Å²) < 4.78 is 5.14. The number of aromatic nitrogens is 1. The van der Waals surface area contributed by atoms with Crippen LogP contribution in [0.15, 0.2) is 22.7 Å². The fraction of sp³-hybridized carbons (Fsp3) is 0.333. The number of benzene rings is 1. The number of carbonyl (C=O) groups is 1. The second kappa shape index (κ2) is 7.13. The molecule has 0 aliphatic heterocycles. The molecule has 2 rings (SSSR count). The van der Waals surface area contributed by atoms with Gasteiger partial charge in [0.25, 0.3) is 0 Å². The average Bonchev–Trinajstić information content (AvgIpc) is 2.86. The van der Waals surface area contributed by atoms with Crippen LogP contribution in [0.2, 0.25) is 10.0 Å². The number of hydroxylamine groups is 2. The summed E-state index contributed by atoms with van der Waals surface area (Å²) in [5, 5.41) is 6.23. The van der Waals surface area contributed by atoms with E-state index in [9.17, 15) is 4.79 Å². The lowest BCUT2D eigenvalue weighted by molar-refractivity contribution is -0.103. The van der Waals surface area contributed by atoms with Crippen molar-refractivity contribution in [3.8, 4) is 11.3 Å². The van der Waals surface area contributed by atoms with Crippen LogP contribution < -0.4 is 0 Å². The molecule has 0 aliphatic carbocycles. The van der Waals surface area contributed by atoms with Gasteiger partial charge in [-0.2, -0.15) is 0 Å². The van der Waals surface area contributed by atoms with E-state index in [-0.39, 0.29) is 11.3 Å². The third-order valence-corrected chi connectivity index (χ3v) is 3.81. The minimum Gasteiger partial charge on any atom is -0.364 e. The molecule has 5 nitrogen and oxygen atoms in total. The summed E-state index contributed by atoms with van der Waals surface area (Å²) in [7, 11) is 0. The van der Waals surface area contributed by atoms with Gasteiger partial charge in [0.2, 0.25) is 0 Å². The first-order valence-electron chi connectivity index (χ1n) is 6.87. The quantitative estimate of drug-likeness (QED) is 0.755. The Kier molecular flexibility index (Phi) is 5.45. The molecule has 0 unspecified atom stereocenters. The largest absolute Gasteiger partial charge is 0.364 e. The highest BCUT2D eigenvalue weighted by Gasteiger charge is 2.27.